The van der Waals surface area contributed by atoms with Gasteiger partial charge in [-0.1, -0.05) is 47.7 Å². The molecule has 24 heavy (non-hydrogen) atoms. The van der Waals surface area contributed by atoms with E-state index in [1.165, 1.54) is 28.0 Å². The number of fused-ring (bicyclic) bond motifs is 1. The maximum Gasteiger partial charge on any atom is 0.291 e. The minimum atomic E-state index is -0.306. The van der Waals surface area contributed by atoms with E-state index in [0.29, 0.717) is 15.3 Å². The fourth-order valence-corrected chi connectivity index (χ4v) is 3.39. The minimum absolute atomic E-state index is 0.216. The van der Waals surface area contributed by atoms with Crippen molar-refractivity contribution in [2.75, 3.05) is 0 Å². The second-order valence-electron chi connectivity index (χ2n) is 5.41. The summed E-state index contributed by atoms with van der Waals surface area (Å²) in [6, 6.07) is 13.8. The third-order valence-electron chi connectivity index (χ3n) is 3.74. The normalized spacial score (nSPS) is 12.2. The van der Waals surface area contributed by atoms with Crippen molar-refractivity contribution in [3.63, 3.8) is 0 Å². The van der Waals surface area contributed by atoms with Crippen LogP contribution in [0.5, 0.6) is 0 Å². The summed E-state index contributed by atoms with van der Waals surface area (Å²) in [4.78, 5) is 17.5. The summed E-state index contributed by atoms with van der Waals surface area (Å²) in [7, 11) is 0. The van der Waals surface area contributed by atoms with Gasteiger partial charge in [-0.2, -0.15) is 9.50 Å². The van der Waals surface area contributed by atoms with Gasteiger partial charge in [0.15, 0.2) is 5.82 Å². The fourth-order valence-electron chi connectivity index (χ4n) is 2.48. The molecule has 0 bridgehead atoms. The SMILES string of the molecule is Cc1ccccc1-c1nc2sc(=Cc3ccc(F)cc3)c(=O)n2n1. The number of halogens is 1. The largest absolute Gasteiger partial charge is 0.291 e. The van der Waals surface area contributed by atoms with E-state index in [-0.39, 0.29) is 11.4 Å². The Bertz CT molecular complexity index is 1150. The summed E-state index contributed by atoms with van der Waals surface area (Å²) < 4.78 is 14.8. The van der Waals surface area contributed by atoms with Crippen LogP contribution < -0.4 is 10.1 Å². The third-order valence-corrected chi connectivity index (χ3v) is 4.69. The zero-order valence-electron chi connectivity index (χ0n) is 12.7. The van der Waals surface area contributed by atoms with E-state index in [1.807, 2.05) is 31.2 Å². The molecule has 4 aromatic rings. The number of benzene rings is 2. The van der Waals surface area contributed by atoms with E-state index in [0.717, 1.165) is 16.7 Å². The van der Waals surface area contributed by atoms with Crippen molar-refractivity contribution in [1.82, 2.24) is 14.6 Å². The van der Waals surface area contributed by atoms with Crippen molar-refractivity contribution < 1.29 is 4.39 Å². The predicted octanol–water partition coefficient (Wildman–Crippen LogP) is 2.81. The molecule has 4 rings (SSSR count). The summed E-state index contributed by atoms with van der Waals surface area (Å²) in [5.41, 5.74) is 2.52. The first-order valence-corrected chi connectivity index (χ1v) is 8.16. The molecule has 2 heterocycles. The molecule has 0 atom stereocenters. The Morgan fingerprint density at radius 3 is 2.58 bits per heavy atom. The maximum absolute atomic E-state index is 13.0. The van der Waals surface area contributed by atoms with Crippen LogP contribution in [-0.4, -0.2) is 14.6 Å². The number of aromatic nitrogens is 3. The zero-order valence-corrected chi connectivity index (χ0v) is 13.5. The number of hydrogen-bond donors (Lipinski definition) is 0. The van der Waals surface area contributed by atoms with Crippen molar-refractivity contribution in [3.05, 3.63) is 80.4 Å². The van der Waals surface area contributed by atoms with Crippen molar-refractivity contribution in [2.45, 2.75) is 6.92 Å². The van der Waals surface area contributed by atoms with Crippen LogP contribution in [0.15, 0.2) is 53.3 Å². The molecule has 0 amide bonds. The highest BCUT2D eigenvalue weighted by molar-refractivity contribution is 7.15. The highest BCUT2D eigenvalue weighted by atomic mass is 32.1. The van der Waals surface area contributed by atoms with E-state index in [4.69, 9.17) is 0 Å². The van der Waals surface area contributed by atoms with Crippen LogP contribution in [0.4, 0.5) is 4.39 Å². The number of rotatable bonds is 2. The van der Waals surface area contributed by atoms with Crippen LogP contribution >= 0.6 is 11.3 Å². The minimum Gasteiger partial charge on any atom is -0.266 e. The van der Waals surface area contributed by atoms with E-state index in [9.17, 15) is 9.18 Å². The molecule has 2 aromatic heterocycles. The lowest BCUT2D eigenvalue weighted by Crippen LogP contribution is -2.23. The second kappa shape index (κ2) is 5.65. The van der Waals surface area contributed by atoms with Crippen LogP contribution in [0.25, 0.3) is 22.4 Å². The Kier molecular flexibility index (Phi) is 3.46. The Hall–Kier alpha value is -2.86. The predicted molar refractivity (Wildman–Crippen MR) is 92.5 cm³/mol. The summed E-state index contributed by atoms with van der Waals surface area (Å²) in [6.45, 7) is 1.98. The van der Waals surface area contributed by atoms with Crippen LogP contribution in [0.2, 0.25) is 0 Å². The molecule has 0 spiro atoms. The maximum atomic E-state index is 13.0. The molecule has 0 aliphatic carbocycles. The smallest absolute Gasteiger partial charge is 0.266 e. The van der Waals surface area contributed by atoms with Gasteiger partial charge >= 0.3 is 0 Å². The molecule has 6 heteroatoms. The highest BCUT2D eigenvalue weighted by Crippen LogP contribution is 2.20. The molecule has 0 aliphatic rings. The number of nitrogens with zero attached hydrogens (tertiary/aromatic N) is 3. The van der Waals surface area contributed by atoms with Gasteiger partial charge in [-0.25, -0.2) is 4.39 Å². The van der Waals surface area contributed by atoms with Crippen LogP contribution in [0, 0.1) is 12.7 Å². The van der Waals surface area contributed by atoms with Gasteiger partial charge in [-0.3, -0.25) is 4.79 Å². The van der Waals surface area contributed by atoms with Gasteiger partial charge in [-0.15, -0.1) is 5.10 Å². The Morgan fingerprint density at radius 1 is 1.12 bits per heavy atom. The molecule has 118 valence electrons. The summed E-state index contributed by atoms with van der Waals surface area (Å²) >= 11 is 1.27. The highest BCUT2D eigenvalue weighted by Gasteiger charge is 2.13. The van der Waals surface area contributed by atoms with Crippen LogP contribution in [-0.2, 0) is 0 Å². The van der Waals surface area contributed by atoms with Gasteiger partial charge in [0.2, 0.25) is 4.96 Å². The van der Waals surface area contributed by atoms with Gasteiger partial charge in [0.05, 0.1) is 4.53 Å². The van der Waals surface area contributed by atoms with Crippen LogP contribution in [0.3, 0.4) is 0 Å². The van der Waals surface area contributed by atoms with Crippen molar-refractivity contribution in [3.8, 4) is 11.4 Å². The number of hydrogen-bond acceptors (Lipinski definition) is 4. The number of aryl methyl sites for hydroxylation is 1. The third kappa shape index (κ3) is 2.51. The Morgan fingerprint density at radius 2 is 1.88 bits per heavy atom. The molecule has 0 radical (unpaired) electrons. The first-order chi connectivity index (χ1) is 11.6. The summed E-state index contributed by atoms with van der Waals surface area (Å²) in [6.07, 6.45) is 1.72. The van der Waals surface area contributed by atoms with Gasteiger partial charge in [-0.05, 0) is 36.3 Å². The molecule has 0 unspecified atom stereocenters. The molecule has 0 fully saturated rings. The molecular formula is C18H12FN3OS. The molecule has 0 saturated heterocycles. The topological polar surface area (TPSA) is 47.3 Å². The standard InChI is InChI=1S/C18H12FN3OS/c1-11-4-2-3-5-14(11)16-20-18-22(21-16)17(23)15(24-18)10-12-6-8-13(19)9-7-12/h2-10H,1H3. The fraction of sp³-hybridized carbons (Fsp3) is 0.0556. The monoisotopic (exact) mass is 337 g/mol. The molecule has 4 nitrogen and oxygen atoms in total. The van der Waals surface area contributed by atoms with Gasteiger partial charge in [0, 0.05) is 5.56 Å². The molecule has 0 aliphatic heterocycles. The Labute approximate surface area is 140 Å². The van der Waals surface area contributed by atoms with Crippen molar-refractivity contribution in [2.24, 2.45) is 0 Å². The van der Waals surface area contributed by atoms with Crippen molar-refractivity contribution >= 4 is 22.4 Å². The van der Waals surface area contributed by atoms with Gasteiger partial charge in [0.1, 0.15) is 5.82 Å². The molecule has 0 N–H and O–H groups in total. The van der Waals surface area contributed by atoms with E-state index >= 15 is 0 Å². The van der Waals surface area contributed by atoms with Crippen molar-refractivity contribution in [1.29, 1.82) is 0 Å². The first kappa shape index (κ1) is 14.7. The summed E-state index contributed by atoms with van der Waals surface area (Å²) in [5, 5.41) is 4.34. The van der Waals surface area contributed by atoms with E-state index < -0.39 is 0 Å². The lowest BCUT2D eigenvalue weighted by atomic mass is 10.1. The lowest BCUT2D eigenvalue weighted by Gasteiger charge is -1.98. The van der Waals surface area contributed by atoms with E-state index in [1.54, 1.807) is 18.2 Å². The number of thiazole rings is 1. The van der Waals surface area contributed by atoms with Gasteiger partial charge in [0.25, 0.3) is 5.56 Å². The Balaban J connectivity index is 1.83. The average Bonchev–Trinajstić information content (AvgIpc) is 3.10. The van der Waals surface area contributed by atoms with Gasteiger partial charge < -0.3 is 0 Å². The second-order valence-corrected chi connectivity index (χ2v) is 6.42. The molecular weight excluding hydrogens is 325 g/mol. The average molecular weight is 337 g/mol. The molecule has 2 aromatic carbocycles. The lowest BCUT2D eigenvalue weighted by molar-refractivity contribution is 0.628. The molecule has 0 saturated carbocycles. The van der Waals surface area contributed by atoms with E-state index in [2.05, 4.69) is 10.1 Å². The quantitative estimate of drug-likeness (QED) is 0.565. The van der Waals surface area contributed by atoms with Crippen LogP contribution in [0.1, 0.15) is 11.1 Å². The first-order valence-electron chi connectivity index (χ1n) is 7.35. The summed E-state index contributed by atoms with van der Waals surface area (Å²) in [5.74, 6) is 0.241. The zero-order chi connectivity index (χ0) is 16.7.